The van der Waals surface area contributed by atoms with Gasteiger partial charge >= 0.3 is 95.4 Å². The third-order valence-corrected chi connectivity index (χ3v) is 4.09. The fourth-order valence-corrected chi connectivity index (χ4v) is 2.98. The number of hydrogen-bond acceptors (Lipinski definition) is 1. The van der Waals surface area contributed by atoms with Gasteiger partial charge in [0.05, 0.1) is 0 Å². The van der Waals surface area contributed by atoms with Crippen LogP contribution in [-0.4, -0.2) is 15.0 Å². The Morgan fingerprint density at radius 1 is 0.800 bits per heavy atom. The number of benzene rings is 2. The molecule has 0 bridgehead atoms. The van der Waals surface area contributed by atoms with Crippen molar-refractivity contribution in [1.82, 2.24) is 0 Å². The van der Waals surface area contributed by atoms with Gasteiger partial charge < -0.3 is 0 Å². The predicted octanol–water partition coefficient (Wildman–Crippen LogP) is 1.21. The van der Waals surface area contributed by atoms with E-state index in [1.165, 1.54) is 8.92 Å². The minimum atomic E-state index is 0.343. The van der Waals surface area contributed by atoms with Gasteiger partial charge in [-0.3, -0.25) is 0 Å². The fourth-order valence-electron chi connectivity index (χ4n) is 1.22. The van der Waals surface area contributed by atoms with Crippen LogP contribution in [0.5, 0.6) is 0 Å². The van der Waals surface area contributed by atoms with E-state index >= 15 is 0 Å². The summed E-state index contributed by atoms with van der Waals surface area (Å²) in [6, 6.07) is 20.4. The molecular formula is C13H9NSe. The summed E-state index contributed by atoms with van der Waals surface area (Å²) < 4.78 is 2.66. The van der Waals surface area contributed by atoms with Gasteiger partial charge in [0.1, 0.15) is 0 Å². The van der Waals surface area contributed by atoms with Gasteiger partial charge in [0.15, 0.2) is 0 Å². The van der Waals surface area contributed by atoms with Crippen molar-refractivity contribution >= 4 is 23.9 Å². The van der Waals surface area contributed by atoms with Gasteiger partial charge in [-0.05, 0) is 0 Å². The van der Waals surface area contributed by atoms with Crippen LogP contribution in [0.1, 0.15) is 5.56 Å². The molecule has 0 unspecified atom stereocenters. The third-order valence-electron chi connectivity index (χ3n) is 1.96. The van der Waals surface area contributed by atoms with E-state index in [9.17, 15) is 0 Å². The molecule has 0 aliphatic carbocycles. The second-order valence-corrected chi connectivity index (χ2v) is 5.46. The van der Waals surface area contributed by atoms with Gasteiger partial charge in [0.2, 0.25) is 0 Å². The Morgan fingerprint density at radius 2 is 1.40 bits per heavy atom. The number of hydrogen-bond donors (Lipinski definition) is 0. The van der Waals surface area contributed by atoms with Gasteiger partial charge in [-0.1, -0.05) is 0 Å². The van der Waals surface area contributed by atoms with E-state index in [1.54, 1.807) is 0 Å². The summed E-state index contributed by atoms with van der Waals surface area (Å²) in [6.45, 7) is 0. The molecule has 0 spiro atoms. The molecule has 15 heavy (non-hydrogen) atoms. The Morgan fingerprint density at radius 3 is 2.00 bits per heavy atom. The average molecular weight is 258 g/mol. The van der Waals surface area contributed by atoms with Crippen molar-refractivity contribution in [3.63, 3.8) is 0 Å². The fraction of sp³-hybridized carbons (Fsp3) is 0. The molecule has 0 atom stereocenters. The van der Waals surface area contributed by atoms with E-state index in [1.807, 2.05) is 30.3 Å². The summed E-state index contributed by atoms with van der Waals surface area (Å²) in [7, 11) is 0. The average Bonchev–Trinajstić information content (AvgIpc) is 2.31. The maximum absolute atomic E-state index is 8.67. The first-order valence-electron chi connectivity index (χ1n) is 4.61. The molecule has 2 rings (SSSR count). The Hall–Kier alpha value is -1.55. The Bertz CT molecular complexity index is 468. The Balaban J connectivity index is 2.16. The summed E-state index contributed by atoms with van der Waals surface area (Å²) in [5.74, 6) is 0. The molecule has 0 aliphatic rings. The molecule has 0 aliphatic heterocycles. The Kier molecular flexibility index (Phi) is 3.19. The zero-order valence-electron chi connectivity index (χ0n) is 8.05. The molecule has 2 aromatic rings. The van der Waals surface area contributed by atoms with E-state index in [0.29, 0.717) is 15.0 Å². The SMILES string of the molecule is N#Cc1ccc([Se]c2ccccc2)cc1. The van der Waals surface area contributed by atoms with Crippen LogP contribution in [0.15, 0.2) is 54.6 Å². The number of rotatable bonds is 2. The topological polar surface area (TPSA) is 23.8 Å². The molecule has 0 heterocycles. The summed E-state index contributed by atoms with van der Waals surface area (Å²) in [4.78, 5) is 0. The third kappa shape index (κ3) is 2.70. The molecule has 72 valence electrons. The second kappa shape index (κ2) is 4.79. The molecule has 0 amide bonds. The quantitative estimate of drug-likeness (QED) is 0.743. The minimum absolute atomic E-state index is 0.343. The van der Waals surface area contributed by atoms with Crippen LogP contribution in [0.3, 0.4) is 0 Å². The van der Waals surface area contributed by atoms with Crippen molar-refractivity contribution in [1.29, 1.82) is 5.26 Å². The molecule has 0 aromatic heterocycles. The van der Waals surface area contributed by atoms with Crippen LogP contribution in [0.4, 0.5) is 0 Å². The predicted molar refractivity (Wildman–Crippen MR) is 62.6 cm³/mol. The molecule has 2 heteroatoms. The summed E-state index contributed by atoms with van der Waals surface area (Å²) in [5, 5.41) is 8.67. The molecule has 1 nitrogen and oxygen atoms in total. The van der Waals surface area contributed by atoms with Crippen molar-refractivity contribution < 1.29 is 0 Å². The van der Waals surface area contributed by atoms with E-state index in [0.717, 1.165) is 5.56 Å². The standard InChI is InChI=1S/C13H9NSe/c14-10-11-6-8-13(9-7-11)15-12-4-2-1-3-5-12/h1-9H. The first-order valence-corrected chi connectivity index (χ1v) is 6.33. The molecule has 0 saturated heterocycles. The van der Waals surface area contributed by atoms with E-state index in [-0.39, 0.29) is 0 Å². The molecule has 0 saturated carbocycles. The van der Waals surface area contributed by atoms with Crippen molar-refractivity contribution in [3.8, 4) is 6.07 Å². The van der Waals surface area contributed by atoms with Crippen molar-refractivity contribution in [2.45, 2.75) is 0 Å². The Labute approximate surface area is 95.5 Å². The van der Waals surface area contributed by atoms with Crippen LogP contribution in [-0.2, 0) is 0 Å². The van der Waals surface area contributed by atoms with Crippen LogP contribution in [0.2, 0.25) is 0 Å². The molecular weight excluding hydrogens is 249 g/mol. The first-order chi connectivity index (χ1) is 7.38. The van der Waals surface area contributed by atoms with Gasteiger partial charge in [-0.15, -0.1) is 0 Å². The zero-order valence-corrected chi connectivity index (χ0v) is 9.76. The number of nitriles is 1. The monoisotopic (exact) mass is 259 g/mol. The summed E-state index contributed by atoms with van der Waals surface area (Å²) in [6.07, 6.45) is 0. The van der Waals surface area contributed by atoms with Crippen LogP contribution < -0.4 is 8.92 Å². The number of nitrogens with zero attached hydrogens (tertiary/aromatic N) is 1. The molecule has 2 aromatic carbocycles. The molecule has 0 N–H and O–H groups in total. The second-order valence-electron chi connectivity index (χ2n) is 3.05. The molecule has 0 radical (unpaired) electrons. The van der Waals surface area contributed by atoms with Gasteiger partial charge in [-0.2, -0.15) is 0 Å². The van der Waals surface area contributed by atoms with Crippen molar-refractivity contribution in [2.24, 2.45) is 0 Å². The van der Waals surface area contributed by atoms with Gasteiger partial charge in [-0.25, -0.2) is 0 Å². The molecule has 0 fully saturated rings. The van der Waals surface area contributed by atoms with E-state index in [2.05, 4.69) is 30.3 Å². The van der Waals surface area contributed by atoms with Crippen LogP contribution in [0, 0.1) is 11.3 Å². The first kappa shape index (κ1) is 9.98. The van der Waals surface area contributed by atoms with Gasteiger partial charge in [0, 0.05) is 0 Å². The van der Waals surface area contributed by atoms with Gasteiger partial charge in [0.25, 0.3) is 0 Å². The van der Waals surface area contributed by atoms with Crippen molar-refractivity contribution in [2.75, 3.05) is 0 Å². The summed E-state index contributed by atoms with van der Waals surface area (Å²) in [5.41, 5.74) is 0.725. The zero-order chi connectivity index (χ0) is 10.5. The normalized spacial score (nSPS) is 9.53. The van der Waals surface area contributed by atoms with Crippen LogP contribution in [0.25, 0.3) is 0 Å². The van der Waals surface area contributed by atoms with E-state index in [4.69, 9.17) is 5.26 Å². The van der Waals surface area contributed by atoms with Crippen LogP contribution >= 0.6 is 0 Å². The maximum atomic E-state index is 8.67. The van der Waals surface area contributed by atoms with Crippen molar-refractivity contribution in [3.05, 3.63) is 60.2 Å². The van der Waals surface area contributed by atoms with E-state index < -0.39 is 0 Å². The summed E-state index contributed by atoms with van der Waals surface area (Å²) >= 11 is 0.343.